The van der Waals surface area contributed by atoms with E-state index in [1.165, 1.54) is 28.4 Å². The Morgan fingerprint density at radius 3 is 2.59 bits per heavy atom. The van der Waals surface area contributed by atoms with Crippen LogP contribution in [0.3, 0.4) is 0 Å². The summed E-state index contributed by atoms with van der Waals surface area (Å²) in [6.45, 7) is 2.70. The molecule has 2 heterocycles. The number of ether oxygens (including phenoxy) is 2. The number of likely N-dealkylation sites (N-methyl/N-ethyl adjacent to an activating group) is 1. The number of rotatable bonds is 9. The molecule has 1 aromatic heterocycles. The van der Waals surface area contributed by atoms with E-state index in [4.69, 9.17) is 27.9 Å². The summed E-state index contributed by atoms with van der Waals surface area (Å²) >= 11 is 6.25. The van der Waals surface area contributed by atoms with Crippen LogP contribution in [0.15, 0.2) is 85.2 Å². The summed E-state index contributed by atoms with van der Waals surface area (Å²) in [5.74, 6) is 7.19. The molecule has 0 bridgehead atoms. The number of aromatic amines is 1. The van der Waals surface area contributed by atoms with Crippen LogP contribution in [0.5, 0.6) is 11.5 Å². The quantitative estimate of drug-likeness (QED) is 0.117. The van der Waals surface area contributed by atoms with Gasteiger partial charge in [-0.25, -0.2) is 5.84 Å². The minimum Gasteiger partial charge on any atom is -0.494 e. The van der Waals surface area contributed by atoms with Crippen LogP contribution in [0.25, 0.3) is 10.9 Å². The monoisotopic (exact) mass is 547 g/mol. The number of carbonyl (C=O) groups is 1. The number of para-hydroxylation sites is 1. The molecule has 0 radical (unpaired) electrons. The zero-order valence-electron chi connectivity index (χ0n) is 21.9. The predicted octanol–water partition coefficient (Wildman–Crippen LogP) is 4.99. The van der Waals surface area contributed by atoms with Crippen molar-refractivity contribution in [2.45, 2.75) is 18.9 Å². The van der Waals surface area contributed by atoms with Gasteiger partial charge >= 0.3 is 0 Å². The molecule has 0 amide bonds. The molecule has 0 aliphatic carbocycles. The van der Waals surface area contributed by atoms with Crippen LogP contribution in [0.2, 0.25) is 5.02 Å². The molecule has 1 aliphatic rings. The highest BCUT2D eigenvalue weighted by Gasteiger charge is 2.29. The average molecular weight is 548 g/mol. The van der Waals surface area contributed by atoms with Crippen molar-refractivity contribution in [2.24, 2.45) is 11.6 Å². The van der Waals surface area contributed by atoms with E-state index in [2.05, 4.69) is 45.9 Å². The summed E-state index contributed by atoms with van der Waals surface area (Å²) in [6.07, 6.45) is 4.90. The maximum Gasteiger partial charge on any atom is 0.298 e. The van der Waals surface area contributed by atoms with E-state index < -0.39 is 0 Å². The highest BCUT2D eigenvalue weighted by atomic mass is 35.5. The zero-order valence-corrected chi connectivity index (χ0v) is 22.7. The summed E-state index contributed by atoms with van der Waals surface area (Å²) < 4.78 is 10.4. The molecule has 39 heavy (non-hydrogen) atoms. The number of hydrazine groups is 1. The Morgan fingerprint density at radius 2 is 1.87 bits per heavy atom. The lowest BCUT2D eigenvalue weighted by Gasteiger charge is -2.33. The fraction of sp³-hybridized carbons (Fsp3) is 0.233. The molecule has 8 nitrogen and oxygen atoms in total. The third-order valence-corrected chi connectivity index (χ3v) is 6.80. The molecule has 1 unspecified atom stereocenters. The van der Waals surface area contributed by atoms with Gasteiger partial charge in [0.1, 0.15) is 11.5 Å². The van der Waals surface area contributed by atoms with Crippen LogP contribution in [0.1, 0.15) is 29.3 Å². The van der Waals surface area contributed by atoms with Gasteiger partial charge < -0.3 is 25.2 Å². The first-order valence-corrected chi connectivity index (χ1v) is 13.2. The van der Waals surface area contributed by atoms with Crippen LogP contribution < -0.4 is 21.1 Å². The van der Waals surface area contributed by atoms with Crippen LogP contribution in [-0.2, 0) is 11.2 Å². The van der Waals surface area contributed by atoms with E-state index in [0.717, 1.165) is 35.7 Å². The molecule has 1 atom stereocenters. The molecule has 204 valence electrons. The van der Waals surface area contributed by atoms with Crippen LogP contribution in [0.4, 0.5) is 0 Å². The van der Waals surface area contributed by atoms with Gasteiger partial charge in [-0.2, -0.15) is 0 Å². The maximum absolute atomic E-state index is 9.75. The summed E-state index contributed by atoms with van der Waals surface area (Å²) in [4.78, 5) is 15.8. The minimum atomic E-state index is 0.183. The molecule has 0 saturated heterocycles. The molecule has 5 N–H and O–H groups in total. The highest BCUT2D eigenvalue weighted by molar-refractivity contribution is 6.31. The minimum absolute atomic E-state index is 0.183. The number of hydrogen-bond donors (Lipinski definition) is 3. The molecular weight excluding hydrogens is 514 g/mol. The number of nitrogens with two attached hydrogens (primary N) is 2. The number of nitrogens with zero attached hydrogens (tertiary/aromatic N) is 2. The Morgan fingerprint density at radius 1 is 1.10 bits per heavy atom. The van der Waals surface area contributed by atoms with Crippen molar-refractivity contribution in [3.63, 3.8) is 0 Å². The first kappa shape index (κ1) is 28.0. The third-order valence-electron chi connectivity index (χ3n) is 6.56. The Hall–Kier alpha value is -3.98. The normalized spacial score (nSPS) is 14.9. The van der Waals surface area contributed by atoms with Gasteiger partial charge in [0.25, 0.3) is 6.47 Å². The lowest BCUT2D eigenvalue weighted by molar-refractivity contribution is -0.120. The first-order valence-electron chi connectivity index (χ1n) is 12.8. The van der Waals surface area contributed by atoms with Crippen LogP contribution >= 0.6 is 11.6 Å². The third kappa shape index (κ3) is 7.32. The molecule has 4 aromatic rings. The number of benzene rings is 3. The van der Waals surface area contributed by atoms with Gasteiger partial charge in [0, 0.05) is 53.5 Å². The van der Waals surface area contributed by atoms with Gasteiger partial charge in [-0.05, 0) is 67.1 Å². The Bertz CT molecular complexity index is 1370. The molecule has 0 spiro atoms. The summed E-state index contributed by atoms with van der Waals surface area (Å²) in [6, 6.07) is 23.5. The molecular formula is C30H34ClN5O3. The average Bonchev–Trinajstić information content (AvgIpc) is 3.30. The van der Waals surface area contributed by atoms with Gasteiger partial charge in [-0.3, -0.25) is 9.69 Å². The molecule has 3 aromatic carbocycles. The topological polar surface area (TPSA) is 110 Å². The molecule has 9 heteroatoms. The second kappa shape index (κ2) is 13.7. The fourth-order valence-corrected chi connectivity index (χ4v) is 4.90. The van der Waals surface area contributed by atoms with Crippen molar-refractivity contribution < 1.29 is 14.3 Å². The molecule has 0 fully saturated rings. The van der Waals surface area contributed by atoms with E-state index in [1.807, 2.05) is 24.3 Å². The van der Waals surface area contributed by atoms with Crippen LogP contribution in [0, 0.1) is 0 Å². The van der Waals surface area contributed by atoms with Gasteiger partial charge in [-0.15, -0.1) is 0 Å². The SMILES string of the molecule is CN1CCc2c([nH]c3ccc(Cl)cc23)C1c1ccc(OCCCN(N)/C=C\N)cc1.O=COc1ccccc1. The number of carbonyl (C=O) groups excluding carboxylic acids is 1. The number of hydrogen-bond acceptors (Lipinski definition) is 7. The number of aromatic nitrogens is 1. The standard InChI is InChI=1S/C23H28ClN5O.C7H6O2/c1-28-12-9-19-20-15-17(24)5-8-21(20)27-22(19)23(28)16-3-6-18(7-4-16)30-14-2-11-29(26)13-10-25;8-6-9-7-4-2-1-3-5-7/h3-8,10,13,15,23,27H,2,9,11-12,14,25-26H2,1H3;1-6H/b13-10-;. The number of nitrogens with one attached hydrogen (secondary N) is 1. The van der Waals surface area contributed by atoms with Gasteiger partial charge in [0.15, 0.2) is 0 Å². The van der Waals surface area contributed by atoms with Crippen molar-refractivity contribution in [2.75, 3.05) is 26.7 Å². The van der Waals surface area contributed by atoms with E-state index in [0.29, 0.717) is 25.4 Å². The Kier molecular flexibility index (Phi) is 9.85. The number of fused-ring (bicyclic) bond motifs is 3. The van der Waals surface area contributed by atoms with E-state index in [-0.39, 0.29) is 6.04 Å². The Balaban J connectivity index is 0.000000333. The van der Waals surface area contributed by atoms with Crippen molar-refractivity contribution in [3.05, 3.63) is 107 Å². The van der Waals surface area contributed by atoms with E-state index in [1.54, 1.807) is 35.5 Å². The first-order chi connectivity index (χ1) is 19.0. The van der Waals surface area contributed by atoms with Gasteiger partial charge in [0.05, 0.1) is 12.6 Å². The smallest absolute Gasteiger partial charge is 0.298 e. The maximum atomic E-state index is 9.75. The van der Waals surface area contributed by atoms with E-state index >= 15 is 0 Å². The second-order valence-corrected chi connectivity index (χ2v) is 9.65. The Labute approximate surface area is 233 Å². The van der Waals surface area contributed by atoms with E-state index in [9.17, 15) is 4.79 Å². The summed E-state index contributed by atoms with van der Waals surface area (Å²) in [7, 11) is 2.17. The van der Waals surface area contributed by atoms with Gasteiger partial charge in [0.2, 0.25) is 0 Å². The molecule has 0 saturated carbocycles. The summed E-state index contributed by atoms with van der Waals surface area (Å²) in [5, 5.41) is 3.56. The lowest BCUT2D eigenvalue weighted by atomic mass is 9.93. The highest BCUT2D eigenvalue weighted by Crippen LogP contribution is 2.38. The van der Waals surface area contributed by atoms with Crippen molar-refractivity contribution >= 4 is 29.0 Å². The zero-order chi connectivity index (χ0) is 27.6. The lowest BCUT2D eigenvalue weighted by Crippen LogP contribution is -2.32. The largest absolute Gasteiger partial charge is 0.494 e. The molecule has 5 rings (SSSR count). The van der Waals surface area contributed by atoms with Crippen molar-refractivity contribution in [1.82, 2.24) is 14.9 Å². The molecule has 1 aliphatic heterocycles. The van der Waals surface area contributed by atoms with Crippen LogP contribution in [-0.4, -0.2) is 48.1 Å². The summed E-state index contributed by atoms with van der Waals surface area (Å²) in [5.41, 5.74) is 10.3. The van der Waals surface area contributed by atoms with Gasteiger partial charge in [-0.1, -0.05) is 41.9 Å². The predicted molar refractivity (Wildman–Crippen MR) is 155 cm³/mol. The van der Waals surface area contributed by atoms with Crippen molar-refractivity contribution in [1.29, 1.82) is 0 Å². The second-order valence-electron chi connectivity index (χ2n) is 9.22. The van der Waals surface area contributed by atoms with Crippen molar-refractivity contribution in [3.8, 4) is 11.5 Å². The number of halogens is 1. The number of H-pyrrole nitrogens is 1. The fourth-order valence-electron chi connectivity index (χ4n) is 4.73.